The van der Waals surface area contributed by atoms with Crippen LogP contribution in [-0.4, -0.2) is 11.1 Å². The van der Waals surface area contributed by atoms with Crippen LogP contribution in [0.4, 0.5) is 0 Å². The summed E-state index contributed by atoms with van der Waals surface area (Å²) >= 11 is 0. The van der Waals surface area contributed by atoms with Gasteiger partial charge in [0.1, 0.15) is 0 Å². The Hall–Kier alpha value is -0.0400. The highest BCUT2D eigenvalue weighted by molar-refractivity contribution is 4.96. The number of hydrogen-bond donors (Lipinski definition) is 1. The molecule has 1 aliphatic rings. The van der Waals surface area contributed by atoms with E-state index in [0.717, 1.165) is 12.3 Å². The van der Waals surface area contributed by atoms with Crippen LogP contribution in [0.3, 0.4) is 0 Å². The van der Waals surface area contributed by atoms with Crippen molar-refractivity contribution in [2.24, 2.45) is 5.92 Å². The predicted molar refractivity (Wildman–Crippen MR) is 54.0 cm³/mol. The van der Waals surface area contributed by atoms with Crippen LogP contribution in [-0.2, 0) is 0 Å². The molecule has 1 heteroatoms. The third kappa shape index (κ3) is 2.48. The monoisotopic (exact) mass is 168 g/mol. The van der Waals surface area contributed by atoms with Crippen molar-refractivity contribution < 1.29 is 0 Å². The molecule has 0 aliphatic carbocycles. The highest BCUT2D eigenvalue weighted by atomic mass is 15.0. The zero-order valence-electron chi connectivity index (χ0n) is 8.91. The van der Waals surface area contributed by atoms with Crippen LogP contribution in [0.5, 0.6) is 0 Å². The average molecular weight is 168 g/mol. The van der Waals surface area contributed by atoms with E-state index in [2.05, 4.69) is 39.9 Å². The molecule has 1 rings (SSSR count). The van der Waals surface area contributed by atoms with E-state index in [1.54, 1.807) is 0 Å². The van der Waals surface area contributed by atoms with E-state index in [9.17, 15) is 0 Å². The molecule has 1 heterocycles. The van der Waals surface area contributed by atoms with Crippen LogP contribution in [0.1, 0.15) is 47.0 Å². The van der Waals surface area contributed by atoms with E-state index in [0.29, 0.717) is 11.1 Å². The Balaban J connectivity index is 2.66. The van der Waals surface area contributed by atoms with Crippen molar-refractivity contribution in [3.63, 3.8) is 0 Å². The quantitative estimate of drug-likeness (QED) is 0.635. The summed E-state index contributed by atoms with van der Waals surface area (Å²) in [6, 6.07) is 0. The van der Waals surface area contributed by atoms with Gasteiger partial charge in [-0.25, -0.2) is 0 Å². The highest BCUT2D eigenvalue weighted by Crippen LogP contribution is 2.34. The van der Waals surface area contributed by atoms with Gasteiger partial charge in [-0.1, -0.05) is 13.3 Å². The van der Waals surface area contributed by atoms with Crippen LogP contribution in [0, 0.1) is 12.8 Å². The number of piperidine rings is 1. The van der Waals surface area contributed by atoms with Crippen LogP contribution < -0.4 is 5.32 Å². The number of hydrogen-bond acceptors (Lipinski definition) is 1. The molecule has 0 amide bonds. The molecule has 1 fully saturated rings. The zero-order chi connectivity index (χ0) is 9.41. The fourth-order valence-electron chi connectivity index (χ4n) is 2.74. The molecule has 12 heavy (non-hydrogen) atoms. The van der Waals surface area contributed by atoms with E-state index in [4.69, 9.17) is 0 Å². The van der Waals surface area contributed by atoms with Crippen molar-refractivity contribution in [2.45, 2.75) is 58.0 Å². The van der Waals surface area contributed by atoms with Crippen molar-refractivity contribution >= 4 is 0 Å². The van der Waals surface area contributed by atoms with Crippen molar-refractivity contribution in [1.29, 1.82) is 0 Å². The minimum atomic E-state index is 0.296. The van der Waals surface area contributed by atoms with Crippen molar-refractivity contribution in [1.82, 2.24) is 5.32 Å². The van der Waals surface area contributed by atoms with Gasteiger partial charge in [-0.2, -0.15) is 0 Å². The van der Waals surface area contributed by atoms with E-state index < -0.39 is 0 Å². The Morgan fingerprint density at radius 1 is 1.17 bits per heavy atom. The van der Waals surface area contributed by atoms with Gasteiger partial charge >= 0.3 is 0 Å². The largest absolute Gasteiger partial charge is 0.307 e. The summed E-state index contributed by atoms with van der Waals surface area (Å²) in [5.74, 6) is 0.802. The molecular weight excluding hydrogens is 146 g/mol. The third-order valence-electron chi connectivity index (χ3n) is 2.68. The maximum atomic E-state index is 4.01. The summed E-state index contributed by atoms with van der Waals surface area (Å²) in [5, 5.41) is 3.67. The predicted octanol–water partition coefficient (Wildman–Crippen LogP) is 2.77. The van der Waals surface area contributed by atoms with E-state index >= 15 is 0 Å². The fraction of sp³-hybridized carbons (Fsp3) is 0.909. The lowest BCUT2D eigenvalue weighted by molar-refractivity contribution is 0.129. The minimum Gasteiger partial charge on any atom is -0.307 e. The summed E-state index contributed by atoms with van der Waals surface area (Å²) in [7, 11) is 0. The first-order valence-electron chi connectivity index (χ1n) is 4.93. The lowest BCUT2D eigenvalue weighted by Crippen LogP contribution is -2.57. The van der Waals surface area contributed by atoms with Crippen LogP contribution in [0.25, 0.3) is 0 Å². The molecule has 0 aromatic carbocycles. The summed E-state index contributed by atoms with van der Waals surface area (Å²) < 4.78 is 0. The normalized spacial score (nSPS) is 28.8. The maximum Gasteiger partial charge on any atom is 0.0132 e. The van der Waals surface area contributed by atoms with E-state index in [1.165, 1.54) is 12.8 Å². The van der Waals surface area contributed by atoms with Crippen molar-refractivity contribution in [3.8, 4) is 0 Å². The molecule has 1 radical (unpaired) electrons. The first kappa shape index (κ1) is 10.0. The maximum absolute atomic E-state index is 4.01. The van der Waals surface area contributed by atoms with Gasteiger partial charge in [0, 0.05) is 11.1 Å². The van der Waals surface area contributed by atoms with Crippen LogP contribution in [0.2, 0.25) is 0 Å². The lowest BCUT2D eigenvalue weighted by atomic mass is 9.75. The van der Waals surface area contributed by atoms with Gasteiger partial charge in [0.05, 0.1) is 0 Å². The Morgan fingerprint density at radius 2 is 1.58 bits per heavy atom. The third-order valence-corrected chi connectivity index (χ3v) is 2.68. The fourth-order valence-corrected chi connectivity index (χ4v) is 2.74. The second-order valence-electron chi connectivity index (χ2n) is 5.46. The molecule has 0 aromatic heterocycles. The van der Waals surface area contributed by atoms with Gasteiger partial charge in [-0.3, -0.25) is 0 Å². The van der Waals surface area contributed by atoms with Crippen molar-refractivity contribution in [3.05, 3.63) is 6.92 Å². The SMILES string of the molecule is [CH2]CC1CC(C)(C)NC(C)(C)C1. The van der Waals surface area contributed by atoms with Crippen LogP contribution >= 0.6 is 0 Å². The first-order chi connectivity index (χ1) is 5.35. The van der Waals surface area contributed by atoms with E-state index in [-0.39, 0.29) is 0 Å². The molecular formula is C11H22N. The van der Waals surface area contributed by atoms with Gasteiger partial charge in [0.25, 0.3) is 0 Å². The average Bonchev–Trinajstić information content (AvgIpc) is 1.80. The molecule has 0 unspecified atom stereocenters. The van der Waals surface area contributed by atoms with Gasteiger partial charge in [-0.05, 0) is 46.5 Å². The summed E-state index contributed by atoms with van der Waals surface area (Å²) in [6.07, 6.45) is 3.61. The molecule has 0 bridgehead atoms. The molecule has 0 aromatic rings. The summed E-state index contributed by atoms with van der Waals surface area (Å²) in [5.41, 5.74) is 0.591. The highest BCUT2D eigenvalue weighted by Gasteiger charge is 2.36. The Labute approximate surface area is 76.9 Å². The topological polar surface area (TPSA) is 12.0 Å². The second kappa shape index (κ2) is 3.02. The van der Waals surface area contributed by atoms with Gasteiger partial charge in [0.2, 0.25) is 0 Å². The standard InChI is InChI=1S/C11H22N/c1-6-9-7-10(2,3)12-11(4,5)8-9/h9,12H,1,6-8H2,2-5H3. The molecule has 0 atom stereocenters. The zero-order valence-corrected chi connectivity index (χ0v) is 8.91. The first-order valence-corrected chi connectivity index (χ1v) is 4.93. The molecule has 1 N–H and O–H groups in total. The molecule has 1 aliphatic heterocycles. The number of nitrogens with one attached hydrogen (secondary N) is 1. The molecule has 71 valence electrons. The lowest BCUT2D eigenvalue weighted by Gasteiger charge is -2.46. The van der Waals surface area contributed by atoms with Gasteiger partial charge in [-0.15, -0.1) is 0 Å². The smallest absolute Gasteiger partial charge is 0.0132 e. The van der Waals surface area contributed by atoms with Gasteiger partial charge in [0.15, 0.2) is 0 Å². The van der Waals surface area contributed by atoms with E-state index in [1.807, 2.05) is 0 Å². The molecule has 1 saturated heterocycles. The van der Waals surface area contributed by atoms with Crippen LogP contribution in [0.15, 0.2) is 0 Å². The Morgan fingerprint density at radius 3 is 1.92 bits per heavy atom. The number of rotatable bonds is 1. The minimum absolute atomic E-state index is 0.296. The molecule has 0 saturated carbocycles. The van der Waals surface area contributed by atoms with Crippen molar-refractivity contribution in [2.75, 3.05) is 0 Å². The summed E-state index contributed by atoms with van der Waals surface area (Å²) in [4.78, 5) is 0. The molecule has 1 nitrogen and oxygen atoms in total. The molecule has 0 spiro atoms. The second-order valence-corrected chi connectivity index (χ2v) is 5.46. The Kier molecular flexibility index (Phi) is 2.53. The summed E-state index contributed by atoms with van der Waals surface area (Å²) in [6.45, 7) is 13.2. The Bertz CT molecular complexity index is 142. The van der Waals surface area contributed by atoms with Gasteiger partial charge < -0.3 is 5.32 Å².